The first-order chi connectivity index (χ1) is 9.15. The molecule has 0 aliphatic carbocycles. The molecule has 0 radical (unpaired) electrons. The summed E-state index contributed by atoms with van der Waals surface area (Å²) in [5.41, 5.74) is 8.59. The van der Waals surface area contributed by atoms with Crippen LogP contribution in [0.4, 0.5) is 5.69 Å². The maximum absolute atomic E-state index is 5.91. The molecule has 5 heteroatoms. The first-order valence-corrected chi connectivity index (χ1v) is 6.73. The summed E-state index contributed by atoms with van der Waals surface area (Å²) < 4.78 is 5.32. The minimum atomic E-state index is 0.525. The van der Waals surface area contributed by atoms with E-state index in [1.54, 1.807) is 11.3 Å². The van der Waals surface area contributed by atoms with Crippen LogP contribution in [0.5, 0.6) is 0 Å². The van der Waals surface area contributed by atoms with Gasteiger partial charge < -0.3 is 10.3 Å². The van der Waals surface area contributed by atoms with E-state index in [1.807, 2.05) is 24.3 Å². The predicted molar refractivity (Wildman–Crippen MR) is 76.9 cm³/mol. The molecule has 96 valence electrons. The Labute approximate surface area is 114 Å². The number of anilines is 1. The van der Waals surface area contributed by atoms with Crippen LogP contribution in [0.15, 0.2) is 34.9 Å². The van der Waals surface area contributed by atoms with Crippen LogP contribution >= 0.6 is 11.3 Å². The number of aromatic nitrogens is 2. The fourth-order valence-electron chi connectivity index (χ4n) is 1.81. The summed E-state index contributed by atoms with van der Waals surface area (Å²) >= 11 is 1.65. The molecule has 0 atom stereocenters. The molecule has 2 aromatic heterocycles. The van der Waals surface area contributed by atoms with Crippen LogP contribution in [0.1, 0.15) is 10.4 Å². The van der Waals surface area contributed by atoms with Crippen molar-refractivity contribution >= 4 is 17.0 Å². The van der Waals surface area contributed by atoms with Crippen molar-refractivity contribution in [3.05, 3.63) is 40.8 Å². The van der Waals surface area contributed by atoms with E-state index in [9.17, 15) is 0 Å². The van der Waals surface area contributed by atoms with Gasteiger partial charge in [0.1, 0.15) is 0 Å². The number of nitrogens with two attached hydrogens (primary N) is 1. The number of hydrogen-bond donors (Lipinski definition) is 1. The Morgan fingerprint density at radius 3 is 2.68 bits per heavy atom. The Balaban J connectivity index is 2.02. The van der Waals surface area contributed by atoms with Crippen molar-refractivity contribution in [2.45, 2.75) is 13.8 Å². The second-order valence-electron chi connectivity index (χ2n) is 4.36. The summed E-state index contributed by atoms with van der Waals surface area (Å²) in [5.74, 6) is 1.07. The number of nitrogens with zero attached hydrogens (tertiary/aromatic N) is 2. The van der Waals surface area contributed by atoms with E-state index < -0.39 is 0 Å². The van der Waals surface area contributed by atoms with Gasteiger partial charge in [0.05, 0.1) is 4.88 Å². The van der Waals surface area contributed by atoms with Crippen molar-refractivity contribution in [2.24, 2.45) is 0 Å². The second-order valence-corrected chi connectivity index (χ2v) is 5.62. The standard InChI is InChI=1S/C14H13N3OS/c1-8-7-12(19-9(8)2)14-16-13(17-18-14)10-5-3-4-6-11(10)15/h3-7H,15H2,1-2H3. The van der Waals surface area contributed by atoms with Crippen molar-refractivity contribution < 1.29 is 4.52 Å². The lowest BCUT2D eigenvalue weighted by Gasteiger charge is -1.97. The molecule has 0 spiro atoms. The average Bonchev–Trinajstić information content (AvgIpc) is 2.98. The van der Waals surface area contributed by atoms with Gasteiger partial charge in [-0.15, -0.1) is 11.3 Å². The van der Waals surface area contributed by atoms with Crippen LogP contribution in [0.2, 0.25) is 0 Å². The molecule has 3 aromatic rings. The molecule has 19 heavy (non-hydrogen) atoms. The number of benzene rings is 1. The number of nitrogen functional groups attached to an aromatic ring is 1. The third kappa shape index (κ3) is 2.13. The molecule has 0 aliphatic heterocycles. The highest BCUT2D eigenvalue weighted by molar-refractivity contribution is 7.15. The van der Waals surface area contributed by atoms with Crippen molar-refractivity contribution in [2.75, 3.05) is 5.73 Å². The molecule has 0 unspecified atom stereocenters. The Kier molecular flexibility index (Phi) is 2.83. The summed E-state index contributed by atoms with van der Waals surface area (Å²) in [6.07, 6.45) is 0. The highest BCUT2D eigenvalue weighted by Gasteiger charge is 2.14. The fourth-order valence-corrected chi connectivity index (χ4v) is 2.77. The quantitative estimate of drug-likeness (QED) is 0.722. The normalized spacial score (nSPS) is 10.8. The zero-order chi connectivity index (χ0) is 13.4. The Morgan fingerprint density at radius 1 is 1.21 bits per heavy atom. The van der Waals surface area contributed by atoms with Gasteiger partial charge in [0.2, 0.25) is 5.82 Å². The van der Waals surface area contributed by atoms with Gasteiger partial charge in [-0.2, -0.15) is 4.98 Å². The smallest absolute Gasteiger partial charge is 0.268 e. The van der Waals surface area contributed by atoms with Gasteiger partial charge in [0.25, 0.3) is 5.89 Å². The van der Waals surface area contributed by atoms with Crippen LogP contribution in [-0.2, 0) is 0 Å². The largest absolute Gasteiger partial charge is 0.398 e. The summed E-state index contributed by atoms with van der Waals surface area (Å²) in [6.45, 7) is 4.15. The van der Waals surface area contributed by atoms with Gasteiger partial charge in [-0.05, 0) is 37.6 Å². The van der Waals surface area contributed by atoms with Crippen molar-refractivity contribution in [1.29, 1.82) is 0 Å². The number of para-hydroxylation sites is 1. The van der Waals surface area contributed by atoms with Crippen molar-refractivity contribution in [3.63, 3.8) is 0 Å². The van der Waals surface area contributed by atoms with E-state index in [2.05, 4.69) is 30.1 Å². The van der Waals surface area contributed by atoms with Crippen molar-refractivity contribution in [1.82, 2.24) is 10.1 Å². The SMILES string of the molecule is Cc1cc(-c2nc(-c3ccccc3N)no2)sc1C. The number of thiophene rings is 1. The third-order valence-electron chi connectivity index (χ3n) is 3.00. The zero-order valence-electron chi connectivity index (χ0n) is 10.7. The molecule has 0 aliphatic rings. The molecule has 0 saturated heterocycles. The van der Waals surface area contributed by atoms with Gasteiger partial charge in [0.15, 0.2) is 0 Å². The molecule has 0 bridgehead atoms. The third-order valence-corrected chi connectivity index (χ3v) is 4.15. The molecule has 2 N–H and O–H groups in total. The number of aryl methyl sites for hydroxylation is 2. The minimum absolute atomic E-state index is 0.525. The summed E-state index contributed by atoms with van der Waals surface area (Å²) in [4.78, 5) is 6.67. The molecule has 4 nitrogen and oxygen atoms in total. The average molecular weight is 271 g/mol. The van der Waals surface area contributed by atoms with E-state index >= 15 is 0 Å². The summed E-state index contributed by atoms with van der Waals surface area (Å²) in [5, 5.41) is 4.00. The molecule has 0 fully saturated rings. The van der Waals surface area contributed by atoms with Gasteiger partial charge in [-0.25, -0.2) is 0 Å². The van der Waals surface area contributed by atoms with Crippen LogP contribution in [-0.4, -0.2) is 10.1 Å². The van der Waals surface area contributed by atoms with Crippen molar-refractivity contribution in [3.8, 4) is 22.2 Å². The number of hydrogen-bond acceptors (Lipinski definition) is 5. The highest BCUT2D eigenvalue weighted by atomic mass is 32.1. The molecular weight excluding hydrogens is 258 g/mol. The Morgan fingerprint density at radius 2 is 2.00 bits per heavy atom. The summed E-state index contributed by atoms with van der Waals surface area (Å²) in [6, 6.07) is 9.55. The Bertz CT molecular complexity index is 710. The summed E-state index contributed by atoms with van der Waals surface area (Å²) in [7, 11) is 0. The predicted octanol–water partition coefficient (Wildman–Crippen LogP) is 3.66. The monoisotopic (exact) mass is 271 g/mol. The van der Waals surface area contributed by atoms with Crippen LogP contribution in [0.3, 0.4) is 0 Å². The van der Waals surface area contributed by atoms with Crippen LogP contribution in [0, 0.1) is 13.8 Å². The first kappa shape index (κ1) is 11.9. The molecule has 0 saturated carbocycles. The van der Waals surface area contributed by atoms with E-state index in [0.717, 1.165) is 10.4 Å². The van der Waals surface area contributed by atoms with Crippen LogP contribution < -0.4 is 5.73 Å². The fraction of sp³-hybridized carbons (Fsp3) is 0.143. The lowest BCUT2D eigenvalue weighted by molar-refractivity contribution is 0.433. The highest BCUT2D eigenvalue weighted by Crippen LogP contribution is 2.31. The van der Waals surface area contributed by atoms with E-state index in [-0.39, 0.29) is 0 Å². The van der Waals surface area contributed by atoms with E-state index in [0.29, 0.717) is 17.4 Å². The lowest BCUT2D eigenvalue weighted by atomic mass is 10.2. The maximum atomic E-state index is 5.91. The second kappa shape index (κ2) is 4.51. The molecule has 2 heterocycles. The van der Waals surface area contributed by atoms with Gasteiger partial charge in [0, 0.05) is 16.1 Å². The molecular formula is C14H13N3OS. The van der Waals surface area contributed by atoms with E-state index in [1.165, 1.54) is 10.4 Å². The first-order valence-electron chi connectivity index (χ1n) is 5.91. The van der Waals surface area contributed by atoms with Gasteiger partial charge in [-0.1, -0.05) is 17.3 Å². The van der Waals surface area contributed by atoms with E-state index in [4.69, 9.17) is 10.3 Å². The topological polar surface area (TPSA) is 64.9 Å². The molecule has 0 amide bonds. The van der Waals surface area contributed by atoms with Gasteiger partial charge in [-0.3, -0.25) is 0 Å². The van der Waals surface area contributed by atoms with Gasteiger partial charge >= 0.3 is 0 Å². The minimum Gasteiger partial charge on any atom is -0.398 e. The number of rotatable bonds is 2. The molecule has 1 aromatic carbocycles. The lowest BCUT2D eigenvalue weighted by Crippen LogP contribution is -1.90. The zero-order valence-corrected chi connectivity index (χ0v) is 11.5. The maximum Gasteiger partial charge on any atom is 0.268 e. The Hall–Kier alpha value is -2.14. The van der Waals surface area contributed by atoms with Crippen LogP contribution in [0.25, 0.3) is 22.2 Å². The molecule has 3 rings (SSSR count).